The Morgan fingerprint density at radius 3 is 2.78 bits per heavy atom. The summed E-state index contributed by atoms with van der Waals surface area (Å²) in [5.74, 6) is -0.0811. The van der Waals surface area contributed by atoms with Crippen LogP contribution in [0.3, 0.4) is 0 Å². The summed E-state index contributed by atoms with van der Waals surface area (Å²) in [5.41, 5.74) is 3.00. The first-order valence-electron chi connectivity index (χ1n) is 6.09. The summed E-state index contributed by atoms with van der Waals surface area (Å²) in [5, 5.41) is 3.60. The lowest BCUT2D eigenvalue weighted by molar-refractivity contribution is 0.102. The van der Waals surface area contributed by atoms with Crippen LogP contribution in [0.2, 0.25) is 0 Å². The molecule has 92 valence electrons. The summed E-state index contributed by atoms with van der Waals surface area (Å²) in [6.07, 6.45) is 3.35. The Bertz CT molecular complexity index is 565. The van der Waals surface area contributed by atoms with Crippen LogP contribution in [0.5, 0.6) is 0 Å². The standard InChI is InChI=1S/C14H14N2OS/c1-9-5-7-10(8-6-9)13(17)16-14-15-11-3-2-4-12(11)18-14/h5-8H,2-4H2,1H3,(H,15,16,17). The number of anilines is 1. The zero-order valence-electron chi connectivity index (χ0n) is 10.2. The maximum Gasteiger partial charge on any atom is 0.257 e. The van der Waals surface area contributed by atoms with E-state index in [0.717, 1.165) is 23.5 Å². The van der Waals surface area contributed by atoms with Crippen LogP contribution in [0.4, 0.5) is 5.13 Å². The minimum Gasteiger partial charge on any atom is -0.298 e. The predicted octanol–water partition coefficient (Wildman–Crippen LogP) is 3.19. The van der Waals surface area contributed by atoms with Crippen molar-refractivity contribution in [2.24, 2.45) is 0 Å². The molecule has 0 radical (unpaired) electrons. The first-order chi connectivity index (χ1) is 8.72. The van der Waals surface area contributed by atoms with Crippen molar-refractivity contribution in [3.05, 3.63) is 46.0 Å². The Morgan fingerprint density at radius 2 is 2.06 bits per heavy atom. The summed E-state index contributed by atoms with van der Waals surface area (Å²) in [4.78, 5) is 17.8. The highest BCUT2D eigenvalue weighted by atomic mass is 32.1. The van der Waals surface area contributed by atoms with Crippen molar-refractivity contribution in [3.63, 3.8) is 0 Å². The lowest BCUT2D eigenvalue weighted by Gasteiger charge is -2.02. The van der Waals surface area contributed by atoms with Gasteiger partial charge in [-0.05, 0) is 38.3 Å². The van der Waals surface area contributed by atoms with E-state index in [0.29, 0.717) is 5.56 Å². The number of carbonyl (C=O) groups excluding carboxylic acids is 1. The van der Waals surface area contributed by atoms with E-state index in [2.05, 4.69) is 10.3 Å². The van der Waals surface area contributed by atoms with Crippen molar-refractivity contribution in [2.75, 3.05) is 5.32 Å². The molecule has 4 heteroatoms. The van der Waals surface area contributed by atoms with Crippen LogP contribution in [0.25, 0.3) is 0 Å². The molecule has 1 aliphatic rings. The molecule has 0 bridgehead atoms. The first kappa shape index (κ1) is 11.4. The number of aromatic nitrogens is 1. The van der Waals surface area contributed by atoms with Gasteiger partial charge in [-0.1, -0.05) is 17.7 Å². The van der Waals surface area contributed by atoms with E-state index >= 15 is 0 Å². The fourth-order valence-corrected chi connectivity index (χ4v) is 3.16. The van der Waals surface area contributed by atoms with E-state index in [9.17, 15) is 4.79 Å². The molecular formula is C14H14N2OS. The van der Waals surface area contributed by atoms with Crippen LogP contribution in [-0.2, 0) is 12.8 Å². The summed E-state index contributed by atoms with van der Waals surface area (Å²) in [6.45, 7) is 2.01. The van der Waals surface area contributed by atoms with Crippen molar-refractivity contribution < 1.29 is 4.79 Å². The summed E-state index contributed by atoms with van der Waals surface area (Å²) >= 11 is 1.61. The average Bonchev–Trinajstić information content (AvgIpc) is 2.90. The average molecular weight is 258 g/mol. The molecule has 0 spiro atoms. The Morgan fingerprint density at radius 1 is 1.28 bits per heavy atom. The molecule has 1 heterocycles. The lowest BCUT2D eigenvalue weighted by atomic mass is 10.1. The smallest absolute Gasteiger partial charge is 0.257 e. The third-order valence-corrected chi connectivity index (χ3v) is 4.20. The van der Waals surface area contributed by atoms with Crippen molar-refractivity contribution in [3.8, 4) is 0 Å². The molecule has 0 saturated carbocycles. The second-order valence-electron chi connectivity index (χ2n) is 4.56. The summed E-state index contributed by atoms with van der Waals surface area (Å²) in [7, 11) is 0. The molecule has 0 fully saturated rings. The van der Waals surface area contributed by atoms with E-state index in [1.807, 2.05) is 31.2 Å². The minimum absolute atomic E-state index is 0.0811. The van der Waals surface area contributed by atoms with Gasteiger partial charge >= 0.3 is 0 Å². The number of fused-ring (bicyclic) bond motifs is 1. The molecule has 3 nitrogen and oxygen atoms in total. The predicted molar refractivity (Wildman–Crippen MR) is 73.3 cm³/mol. The van der Waals surface area contributed by atoms with E-state index < -0.39 is 0 Å². The van der Waals surface area contributed by atoms with Crippen molar-refractivity contribution in [1.29, 1.82) is 0 Å². The van der Waals surface area contributed by atoms with Crippen LogP contribution in [0.15, 0.2) is 24.3 Å². The number of thiazole rings is 1. The van der Waals surface area contributed by atoms with Crippen molar-refractivity contribution in [2.45, 2.75) is 26.2 Å². The number of amides is 1. The first-order valence-corrected chi connectivity index (χ1v) is 6.90. The van der Waals surface area contributed by atoms with E-state index in [1.165, 1.54) is 17.0 Å². The Labute approximate surface area is 110 Å². The van der Waals surface area contributed by atoms with Crippen LogP contribution in [0, 0.1) is 6.92 Å². The molecule has 18 heavy (non-hydrogen) atoms. The summed E-state index contributed by atoms with van der Waals surface area (Å²) < 4.78 is 0. The van der Waals surface area contributed by atoms with Gasteiger partial charge in [0, 0.05) is 10.4 Å². The topological polar surface area (TPSA) is 42.0 Å². The van der Waals surface area contributed by atoms with Gasteiger partial charge < -0.3 is 0 Å². The van der Waals surface area contributed by atoms with Crippen molar-refractivity contribution in [1.82, 2.24) is 4.98 Å². The Kier molecular flexibility index (Phi) is 2.88. The Balaban J connectivity index is 1.75. The number of rotatable bonds is 2. The van der Waals surface area contributed by atoms with Gasteiger partial charge in [-0.3, -0.25) is 10.1 Å². The van der Waals surface area contributed by atoms with Crippen LogP contribution >= 0.6 is 11.3 Å². The van der Waals surface area contributed by atoms with Gasteiger partial charge in [0.2, 0.25) is 0 Å². The molecule has 1 amide bonds. The number of hydrogen-bond acceptors (Lipinski definition) is 3. The molecule has 1 N–H and O–H groups in total. The quantitative estimate of drug-likeness (QED) is 0.898. The highest BCUT2D eigenvalue weighted by Crippen LogP contribution is 2.30. The zero-order valence-corrected chi connectivity index (χ0v) is 11.0. The number of aryl methyl sites for hydroxylation is 3. The highest BCUT2D eigenvalue weighted by Gasteiger charge is 2.17. The van der Waals surface area contributed by atoms with E-state index in [1.54, 1.807) is 11.3 Å². The van der Waals surface area contributed by atoms with Gasteiger partial charge in [0.05, 0.1) is 5.69 Å². The maximum absolute atomic E-state index is 12.0. The van der Waals surface area contributed by atoms with Gasteiger partial charge in [0.25, 0.3) is 5.91 Å². The van der Waals surface area contributed by atoms with E-state index in [4.69, 9.17) is 0 Å². The largest absolute Gasteiger partial charge is 0.298 e. The minimum atomic E-state index is -0.0811. The lowest BCUT2D eigenvalue weighted by Crippen LogP contribution is -2.11. The molecule has 2 aromatic rings. The van der Waals surface area contributed by atoms with Crippen molar-refractivity contribution >= 4 is 22.4 Å². The SMILES string of the molecule is Cc1ccc(C(=O)Nc2nc3c(s2)CCC3)cc1. The van der Waals surface area contributed by atoms with Crippen LogP contribution < -0.4 is 5.32 Å². The molecule has 1 aliphatic carbocycles. The molecule has 0 unspecified atom stereocenters. The fraction of sp³-hybridized carbons (Fsp3) is 0.286. The van der Waals surface area contributed by atoms with Gasteiger partial charge in [-0.2, -0.15) is 0 Å². The molecule has 1 aromatic heterocycles. The number of nitrogens with zero attached hydrogens (tertiary/aromatic N) is 1. The number of hydrogen-bond donors (Lipinski definition) is 1. The van der Waals surface area contributed by atoms with Gasteiger partial charge in [0.1, 0.15) is 0 Å². The second-order valence-corrected chi connectivity index (χ2v) is 5.65. The fourth-order valence-electron chi connectivity index (χ4n) is 2.12. The Hall–Kier alpha value is -1.68. The monoisotopic (exact) mass is 258 g/mol. The molecule has 0 aliphatic heterocycles. The van der Waals surface area contributed by atoms with Gasteiger partial charge in [0.15, 0.2) is 5.13 Å². The van der Waals surface area contributed by atoms with Gasteiger partial charge in [-0.15, -0.1) is 11.3 Å². The molecule has 0 atom stereocenters. The normalized spacial score (nSPS) is 13.4. The van der Waals surface area contributed by atoms with E-state index in [-0.39, 0.29) is 5.91 Å². The van der Waals surface area contributed by atoms with Crippen LogP contribution in [0.1, 0.15) is 32.9 Å². The zero-order chi connectivity index (χ0) is 12.5. The molecular weight excluding hydrogens is 244 g/mol. The molecule has 1 aromatic carbocycles. The maximum atomic E-state index is 12.0. The van der Waals surface area contributed by atoms with Crippen LogP contribution in [-0.4, -0.2) is 10.9 Å². The molecule has 3 rings (SSSR count). The number of benzene rings is 1. The highest BCUT2D eigenvalue weighted by molar-refractivity contribution is 7.15. The second kappa shape index (κ2) is 4.53. The number of carbonyl (C=O) groups is 1. The third-order valence-electron chi connectivity index (χ3n) is 3.13. The third kappa shape index (κ3) is 2.16. The molecule has 0 saturated heterocycles. The number of nitrogens with one attached hydrogen (secondary N) is 1. The summed E-state index contributed by atoms with van der Waals surface area (Å²) in [6, 6.07) is 7.56. The van der Waals surface area contributed by atoms with Gasteiger partial charge in [-0.25, -0.2) is 4.98 Å².